The number of amides is 1. The first kappa shape index (κ1) is 15.3. The molecule has 5 heteroatoms. The van der Waals surface area contributed by atoms with E-state index in [2.05, 4.69) is 5.32 Å². The lowest BCUT2D eigenvalue weighted by molar-refractivity contribution is -0.140. The van der Waals surface area contributed by atoms with Crippen molar-refractivity contribution >= 4 is 11.9 Å². The number of carboxylic acids is 1. The molecule has 1 aliphatic heterocycles. The monoisotopic (exact) mass is 283 g/mol. The summed E-state index contributed by atoms with van der Waals surface area (Å²) in [6.45, 7) is 3.30. The molecule has 5 nitrogen and oxygen atoms in total. The largest absolute Gasteiger partial charge is 0.481 e. The number of carboxylic acid groups (broad SMARTS) is 1. The Bertz CT molecular complexity index is 368. The van der Waals surface area contributed by atoms with Crippen LogP contribution in [0.1, 0.15) is 58.3 Å². The second-order valence-corrected chi connectivity index (χ2v) is 6.63. The van der Waals surface area contributed by atoms with E-state index in [1.165, 1.54) is 0 Å². The fourth-order valence-corrected chi connectivity index (χ4v) is 3.53. The summed E-state index contributed by atoms with van der Waals surface area (Å²) < 4.78 is 5.64. The molecule has 1 aliphatic carbocycles. The molecule has 1 saturated heterocycles. The molecule has 0 aromatic rings. The van der Waals surface area contributed by atoms with Gasteiger partial charge in [-0.1, -0.05) is 12.8 Å². The molecule has 0 spiro atoms. The molecule has 1 atom stereocenters. The maximum absolute atomic E-state index is 12.1. The quantitative estimate of drug-likeness (QED) is 0.782. The average Bonchev–Trinajstić information content (AvgIpc) is 2.97. The first-order chi connectivity index (χ1) is 9.43. The van der Waals surface area contributed by atoms with Crippen molar-refractivity contribution in [1.29, 1.82) is 0 Å². The predicted octanol–water partition coefficient (Wildman–Crippen LogP) is 2.10. The van der Waals surface area contributed by atoms with Crippen molar-refractivity contribution in [2.75, 3.05) is 13.2 Å². The highest BCUT2D eigenvalue weighted by atomic mass is 16.5. The Kier molecular flexibility index (Phi) is 4.68. The van der Waals surface area contributed by atoms with Gasteiger partial charge in [-0.25, -0.2) is 0 Å². The van der Waals surface area contributed by atoms with Crippen molar-refractivity contribution in [1.82, 2.24) is 5.32 Å². The zero-order valence-corrected chi connectivity index (χ0v) is 12.2. The Labute approximate surface area is 120 Å². The van der Waals surface area contributed by atoms with Gasteiger partial charge in [-0.2, -0.15) is 0 Å². The minimum Gasteiger partial charge on any atom is -0.481 e. The van der Waals surface area contributed by atoms with Gasteiger partial charge in [0.2, 0.25) is 5.91 Å². The molecular formula is C15H25NO4. The van der Waals surface area contributed by atoms with Crippen molar-refractivity contribution in [2.45, 2.75) is 63.9 Å². The van der Waals surface area contributed by atoms with Crippen LogP contribution in [0.3, 0.4) is 0 Å². The van der Waals surface area contributed by atoms with Crippen molar-refractivity contribution in [2.24, 2.45) is 5.41 Å². The van der Waals surface area contributed by atoms with Crippen LogP contribution >= 0.6 is 0 Å². The molecule has 0 aromatic carbocycles. The topological polar surface area (TPSA) is 75.6 Å². The summed E-state index contributed by atoms with van der Waals surface area (Å²) in [5, 5.41) is 12.0. The van der Waals surface area contributed by atoms with E-state index in [0.29, 0.717) is 13.0 Å². The Morgan fingerprint density at radius 3 is 2.40 bits per heavy atom. The van der Waals surface area contributed by atoms with Gasteiger partial charge < -0.3 is 15.2 Å². The lowest BCUT2D eigenvalue weighted by Crippen LogP contribution is -2.41. The zero-order valence-electron chi connectivity index (χ0n) is 12.2. The zero-order chi connectivity index (χ0) is 14.6. The van der Waals surface area contributed by atoms with Crippen LogP contribution in [0.25, 0.3) is 0 Å². The third kappa shape index (κ3) is 3.95. The molecule has 0 radical (unpaired) electrons. The first-order valence-corrected chi connectivity index (χ1v) is 7.56. The maximum atomic E-state index is 12.1. The van der Waals surface area contributed by atoms with Gasteiger partial charge in [-0.15, -0.1) is 0 Å². The van der Waals surface area contributed by atoms with Crippen LogP contribution in [0.5, 0.6) is 0 Å². The van der Waals surface area contributed by atoms with Crippen LogP contribution in [0.4, 0.5) is 0 Å². The lowest BCUT2D eigenvalue weighted by atomic mass is 9.79. The Morgan fingerprint density at radius 1 is 1.15 bits per heavy atom. The van der Waals surface area contributed by atoms with Crippen molar-refractivity contribution in [3.63, 3.8) is 0 Å². The van der Waals surface area contributed by atoms with E-state index in [-0.39, 0.29) is 23.3 Å². The SMILES string of the molecule is CC1(CNC(=O)CC2(CC(=O)O)CCCC2)CCCO1. The van der Waals surface area contributed by atoms with Crippen LogP contribution in [-0.2, 0) is 14.3 Å². The third-order valence-corrected chi connectivity index (χ3v) is 4.69. The highest BCUT2D eigenvalue weighted by Gasteiger charge is 2.38. The van der Waals surface area contributed by atoms with E-state index in [1.807, 2.05) is 6.92 Å². The molecule has 0 aromatic heterocycles. The van der Waals surface area contributed by atoms with Crippen LogP contribution in [0.15, 0.2) is 0 Å². The summed E-state index contributed by atoms with van der Waals surface area (Å²) in [5.41, 5.74) is -0.571. The fraction of sp³-hybridized carbons (Fsp3) is 0.867. The van der Waals surface area contributed by atoms with Gasteiger partial charge in [-0.3, -0.25) is 9.59 Å². The second kappa shape index (κ2) is 6.12. The summed E-state index contributed by atoms with van der Waals surface area (Å²) in [6, 6.07) is 0. The van der Waals surface area contributed by atoms with Gasteiger partial charge in [-0.05, 0) is 38.0 Å². The van der Waals surface area contributed by atoms with E-state index < -0.39 is 5.97 Å². The second-order valence-electron chi connectivity index (χ2n) is 6.63. The van der Waals surface area contributed by atoms with Gasteiger partial charge >= 0.3 is 5.97 Å². The standard InChI is InChI=1S/C15H25NO4/c1-14(5-4-8-20-14)11-16-12(17)9-15(10-13(18)19)6-2-3-7-15/h2-11H2,1H3,(H,16,17)(H,18,19). The number of hydrogen-bond acceptors (Lipinski definition) is 3. The lowest BCUT2D eigenvalue weighted by Gasteiger charge is -2.28. The van der Waals surface area contributed by atoms with Crippen molar-refractivity contribution in [3.8, 4) is 0 Å². The molecule has 2 N–H and O–H groups in total. The highest BCUT2D eigenvalue weighted by molar-refractivity contribution is 5.78. The van der Waals surface area contributed by atoms with E-state index in [9.17, 15) is 9.59 Å². The number of carbonyl (C=O) groups excluding carboxylic acids is 1. The fourth-order valence-electron chi connectivity index (χ4n) is 3.53. The number of ether oxygens (including phenoxy) is 1. The van der Waals surface area contributed by atoms with Crippen LogP contribution in [-0.4, -0.2) is 35.7 Å². The molecule has 1 heterocycles. The number of rotatable bonds is 6. The maximum Gasteiger partial charge on any atom is 0.303 e. The molecule has 2 rings (SSSR count). The minimum absolute atomic E-state index is 0.0372. The molecule has 1 unspecified atom stereocenters. The smallest absolute Gasteiger partial charge is 0.303 e. The van der Waals surface area contributed by atoms with E-state index in [4.69, 9.17) is 9.84 Å². The van der Waals surface area contributed by atoms with Crippen LogP contribution in [0.2, 0.25) is 0 Å². The summed E-state index contributed by atoms with van der Waals surface area (Å²) in [4.78, 5) is 23.1. The Balaban J connectivity index is 1.84. The molecule has 20 heavy (non-hydrogen) atoms. The number of aliphatic carboxylic acids is 1. The number of hydrogen-bond donors (Lipinski definition) is 2. The van der Waals surface area contributed by atoms with Crippen molar-refractivity contribution < 1.29 is 19.4 Å². The van der Waals surface area contributed by atoms with E-state index >= 15 is 0 Å². The molecule has 1 saturated carbocycles. The van der Waals surface area contributed by atoms with Crippen LogP contribution < -0.4 is 5.32 Å². The first-order valence-electron chi connectivity index (χ1n) is 7.56. The number of nitrogens with one attached hydrogen (secondary N) is 1. The van der Waals surface area contributed by atoms with Crippen LogP contribution in [0, 0.1) is 5.41 Å². The van der Waals surface area contributed by atoms with E-state index in [0.717, 1.165) is 45.1 Å². The van der Waals surface area contributed by atoms with Gasteiger partial charge in [0.1, 0.15) is 0 Å². The van der Waals surface area contributed by atoms with Crippen molar-refractivity contribution in [3.05, 3.63) is 0 Å². The summed E-state index contributed by atoms with van der Waals surface area (Å²) in [7, 11) is 0. The molecule has 2 fully saturated rings. The molecule has 0 bridgehead atoms. The predicted molar refractivity (Wildman–Crippen MR) is 74.4 cm³/mol. The third-order valence-electron chi connectivity index (χ3n) is 4.69. The Hall–Kier alpha value is -1.10. The summed E-state index contributed by atoms with van der Waals surface area (Å²) >= 11 is 0. The summed E-state index contributed by atoms with van der Waals surface area (Å²) in [5.74, 6) is -0.837. The molecule has 1 amide bonds. The van der Waals surface area contributed by atoms with Gasteiger partial charge in [0.05, 0.1) is 12.0 Å². The normalized spacial score (nSPS) is 28.4. The molecular weight excluding hydrogens is 258 g/mol. The highest BCUT2D eigenvalue weighted by Crippen LogP contribution is 2.44. The van der Waals surface area contributed by atoms with Gasteiger partial charge in [0.15, 0.2) is 0 Å². The van der Waals surface area contributed by atoms with Gasteiger partial charge in [0, 0.05) is 19.6 Å². The molecule has 2 aliphatic rings. The number of carbonyl (C=O) groups is 2. The molecule has 114 valence electrons. The van der Waals surface area contributed by atoms with Gasteiger partial charge in [0.25, 0.3) is 0 Å². The minimum atomic E-state index is -0.800. The summed E-state index contributed by atoms with van der Waals surface area (Å²) in [6.07, 6.45) is 6.19. The Morgan fingerprint density at radius 2 is 1.85 bits per heavy atom. The van der Waals surface area contributed by atoms with E-state index in [1.54, 1.807) is 0 Å². The average molecular weight is 283 g/mol.